The zero-order chi connectivity index (χ0) is 22.2. The number of aryl methyl sites for hydroxylation is 1. The number of ether oxygens (including phenoxy) is 1. The van der Waals surface area contributed by atoms with Gasteiger partial charge < -0.3 is 10.1 Å². The molecule has 2 aromatic rings. The Morgan fingerprint density at radius 3 is 2.23 bits per heavy atom. The van der Waals surface area contributed by atoms with E-state index in [9.17, 15) is 13.2 Å². The predicted octanol–water partition coefficient (Wildman–Crippen LogP) is 5.14. The maximum atomic E-state index is 12.2. The van der Waals surface area contributed by atoms with Gasteiger partial charge in [0.15, 0.2) is 0 Å². The molecule has 164 valence electrons. The van der Waals surface area contributed by atoms with Crippen LogP contribution in [0.25, 0.3) is 0 Å². The number of unbranched alkanes of at least 4 members (excludes halogenated alkanes) is 1. The summed E-state index contributed by atoms with van der Waals surface area (Å²) in [7, 11) is -3.76. The van der Waals surface area contributed by atoms with E-state index in [2.05, 4.69) is 5.32 Å². The molecule has 1 amide bonds. The molecule has 0 fully saturated rings. The molecule has 2 rings (SSSR count). The minimum absolute atomic E-state index is 0.0875. The summed E-state index contributed by atoms with van der Waals surface area (Å²) >= 11 is 0. The van der Waals surface area contributed by atoms with E-state index in [0.29, 0.717) is 19.3 Å². The van der Waals surface area contributed by atoms with Gasteiger partial charge in [-0.15, -0.1) is 0 Å². The number of benzene rings is 2. The van der Waals surface area contributed by atoms with Crippen LogP contribution < -0.4 is 5.32 Å². The van der Waals surface area contributed by atoms with Gasteiger partial charge in [-0.1, -0.05) is 48.0 Å². The second kappa shape index (κ2) is 10.6. The molecule has 0 saturated heterocycles. The van der Waals surface area contributed by atoms with Gasteiger partial charge in [0.2, 0.25) is 0 Å². The first kappa shape index (κ1) is 23.9. The first-order chi connectivity index (χ1) is 14.1. The van der Waals surface area contributed by atoms with Crippen molar-refractivity contribution in [2.45, 2.75) is 63.5 Å². The molecule has 0 aromatic heterocycles. The lowest BCUT2D eigenvalue weighted by Gasteiger charge is -2.24. The van der Waals surface area contributed by atoms with E-state index >= 15 is 0 Å². The highest BCUT2D eigenvalue weighted by Gasteiger charge is 2.20. The molecule has 1 N–H and O–H groups in total. The van der Waals surface area contributed by atoms with Crippen molar-refractivity contribution in [3.05, 3.63) is 65.7 Å². The molecule has 0 aliphatic carbocycles. The summed E-state index contributed by atoms with van der Waals surface area (Å²) in [4.78, 5) is 12.4. The zero-order valence-corrected chi connectivity index (χ0v) is 18.9. The van der Waals surface area contributed by atoms with E-state index < -0.39 is 21.8 Å². The number of nitrogens with one attached hydrogen (secondary N) is 1. The summed E-state index contributed by atoms with van der Waals surface area (Å²) < 4.78 is 35.0. The van der Waals surface area contributed by atoms with Gasteiger partial charge in [-0.2, -0.15) is 8.42 Å². The molecule has 1 atom stereocenters. The van der Waals surface area contributed by atoms with Gasteiger partial charge in [-0.3, -0.25) is 4.18 Å². The normalized spacial score (nSPS) is 12.9. The Kier molecular flexibility index (Phi) is 8.43. The summed E-state index contributed by atoms with van der Waals surface area (Å²) in [6.07, 6.45) is 1.38. The van der Waals surface area contributed by atoms with E-state index in [1.807, 2.05) is 58.0 Å². The lowest BCUT2D eigenvalue weighted by Crippen LogP contribution is -2.35. The summed E-state index contributed by atoms with van der Waals surface area (Å²) in [5, 5.41) is 2.91. The molecule has 6 nitrogen and oxygen atoms in total. The smallest absolute Gasteiger partial charge is 0.408 e. The molecule has 0 radical (unpaired) electrons. The lowest BCUT2D eigenvalue weighted by atomic mass is 10.0. The van der Waals surface area contributed by atoms with Gasteiger partial charge in [0.1, 0.15) is 5.60 Å². The molecular formula is C23H31NO5S. The Bertz CT molecular complexity index is 903. The quantitative estimate of drug-likeness (QED) is 0.438. The Hall–Kier alpha value is -2.38. The van der Waals surface area contributed by atoms with Crippen LogP contribution in [0, 0.1) is 6.92 Å². The molecule has 0 aliphatic heterocycles. The van der Waals surface area contributed by atoms with Crippen molar-refractivity contribution in [3.63, 3.8) is 0 Å². The first-order valence-electron chi connectivity index (χ1n) is 10.1. The Morgan fingerprint density at radius 2 is 1.63 bits per heavy atom. The van der Waals surface area contributed by atoms with Crippen molar-refractivity contribution >= 4 is 16.2 Å². The van der Waals surface area contributed by atoms with Crippen molar-refractivity contribution < 1.29 is 22.1 Å². The highest BCUT2D eigenvalue weighted by Crippen LogP contribution is 2.21. The number of rotatable bonds is 9. The maximum Gasteiger partial charge on any atom is 0.408 e. The minimum atomic E-state index is -3.76. The standard InChI is InChI=1S/C23H31NO5S/c1-18-13-15-20(16-14-18)30(26,27)28-17-9-8-12-21(19-10-6-5-7-11-19)24-22(25)29-23(2,3)4/h5-7,10-11,13-16,21H,8-9,12,17H2,1-4H3,(H,24,25)/t21-/m1/s1. The van der Waals surface area contributed by atoms with Crippen LogP contribution in [0.4, 0.5) is 4.79 Å². The van der Waals surface area contributed by atoms with Crippen molar-refractivity contribution in [2.75, 3.05) is 6.61 Å². The van der Waals surface area contributed by atoms with Crippen molar-refractivity contribution in [3.8, 4) is 0 Å². The van der Waals surface area contributed by atoms with E-state index in [4.69, 9.17) is 8.92 Å². The van der Waals surface area contributed by atoms with Crippen LogP contribution in [-0.2, 0) is 19.0 Å². The molecule has 0 saturated carbocycles. The third kappa shape index (κ3) is 8.16. The Morgan fingerprint density at radius 1 is 1.00 bits per heavy atom. The third-order valence-corrected chi connectivity index (χ3v) is 5.65. The highest BCUT2D eigenvalue weighted by molar-refractivity contribution is 7.86. The maximum absolute atomic E-state index is 12.2. The SMILES string of the molecule is Cc1ccc(S(=O)(=O)OCCCC[C@@H](NC(=O)OC(C)(C)C)c2ccccc2)cc1. The molecule has 2 aromatic carbocycles. The van der Waals surface area contributed by atoms with Crippen molar-refractivity contribution in [1.82, 2.24) is 5.32 Å². The van der Waals surface area contributed by atoms with Gasteiger partial charge in [0.05, 0.1) is 17.5 Å². The highest BCUT2D eigenvalue weighted by atomic mass is 32.2. The topological polar surface area (TPSA) is 81.7 Å². The minimum Gasteiger partial charge on any atom is -0.444 e. The van der Waals surface area contributed by atoms with Gasteiger partial charge in [-0.25, -0.2) is 4.79 Å². The number of alkyl carbamates (subject to hydrolysis) is 1. The molecule has 0 aliphatic rings. The van der Waals surface area contributed by atoms with Crippen LogP contribution in [-0.4, -0.2) is 26.7 Å². The Labute approximate surface area is 179 Å². The second-order valence-corrected chi connectivity index (χ2v) is 9.81. The number of carbonyl (C=O) groups is 1. The van der Waals surface area contributed by atoms with Crippen molar-refractivity contribution in [1.29, 1.82) is 0 Å². The van der Waals surface area contributed by atoms with Gasteiger partial charge >= 0.3 is 6.09 Å². The van der Waals surface area contributed by atoms with Gasteiger partial charge in [-0.05, 0) is 64.7 Å². The predicted molar refractivity (Wildman–Crippen MR) is 117 cm³/mol. The number of hydrogen-bond donors (Lipinski definition) is 1. The van der Waals surface area contributed by atoms with Crippen molar-refractivity contribution in [2.24, 2.45) is 0 Å². The molecule has 0 heterocycles. The number of carbonyl (C=O) groups excluding carboxylic acids is 1. The van der Waals surface area contributed by atoms with Crippen LogP contribution in [0.15, 0.2) is 59.5 Å². The Balaban J connectivity index is 1.88. The van der Waals surface area contributed by atoms with E-state index in [0.717, 1.165) is 11.1 Å². The summed E-state index contributed by atoms with van der Waals surface area (Å²) in [5.74, 6) is 0. The first-order valence-corrected chi connectivity index (χ1v) is 11.5. The van der Waals surface area contributed by atoms with Gasteiger partial charge in [0, 0.05) is 0 Å². The van der Waals surface area contributed by atoms with Crippen LogP contribution in [0.5, 0.6) is 0 Å². The second-order valence-electron chi connectivity index (χ2n) is 8.19. The monoisotopic (exact) mass is 433 g/mol. The average Bonchev–Trinajstić information content (AvgIpc) is 2.66. The lowest BCUT2D eigenvalue weighted by molar-refractivity contribution is 0.0500. The average molecular weight is 434 g/mol. The summed E-state index contributed by atoms with van der Waals surface area (Å²) in [6.45, 7) is 7.43. The van der Waals surface area contributed by atoms with Crippen LogP contribution in [0.2, 0.25) is 0 Å². The molecule has 0 spiro atoms. The largest absolute Gasteiger partial charge is 0.444 e. The van der Waals surface area contributed by atoms with Crippen LogP contribution in [0.3, 0.4) is 0 Å². The molecule has 0 bridgehead atoms. The van der Waals surface area contributed by atoms with E-state index in [-0.39, 0.29) is 17.5 Å². The summed E-state index contributed by atoms with van der Waals surface area (Å²) in [5.41, 5.74) is 1.37. The number of amides is 1. The van der Waals surface area contributed by atoms with Crippen LogP contribution in [0.1, 0.15) is 57.2 Å². The van der Waals surface area contributed by atoms with E-state index in [1.165, 1.54) is 0 Å². The molecular weight excluding hydrogens is 402 g/mol. The van der Waals surface area contributed by atoms with Crippen LogP contribution >= 0.6 is 0 Å². The summed E-state index contributed by atoms with van der Waals surface area (Å²) in [6, 6.07) is 16.0. The van der Waals surface area contributed by atoms with Gasteiger partial charge in [0.25, 0.3) is 10.1 Å². The third-order valence-electron chi connectivity index (χ3n) is 4.33. The fourth-order valence-corrected chi connectivity index (χ4v) is 3.79. The molecule has 30 heavy (non-hydrogen) atoms. The number of hydrogen-bond acceptors (Lipinski definition) is 5. The molecule has 0 unspecified atom stereocenters. The fraction of sp³-hybridized carbons (Fsp3) is 0.435. The van der Waals surface area contributed by atoms with E-state index in [1.54, 1.807) is 24.3 Å². The fourth-order valence-electron chi connectivity index (χ4n) is 2.85. The zero-order valence-electron chi connectivity index (χ0n) is 18.1. The molecule has 7 heteroatoms.